The third kappa shape index (κ3) is 5.78. The zero-order valence-corrected chi connectivity index (χ0v) is 13.8. The van der Waals surface area contributed by atoms with Gasteiger partial charge in [0.15, 0.2) is 0 Å². The first-order valence-corrected chi connectivity index (χ1v) is 8.10. The zero-order chi connectivity index (χ0) is 15.1. The van der Waals surface area contributed by atoms with Gasteiger partial charge in [0.2, 0.25) is 0 Å². The maximum Gasteiger partial charge on any atom is 0.0167 e. The fraction of sp³-hybridized carbons (Fsp3) is 0.263. The molecule has 0 spiro atoms. The van der Waals surface area contributed by atoms with E-state index in [0.29, 0.717) is 0 Å². The third-order valence-electron chi connectivity index (χ3n) is 2.95. The zero-order valence-electron chi connectivity index (χ0n) is 13.0. The average Bonchev–Trinajstić information content (AvgIpc) is 2.47. The lowest BCUT2D eigenvalue weighted by atomic mass is 10.1. The van der Waals surface area contributed by atoms with E-state index in [2.05, 4.69) is 92.8 Å². The molecule has 0 bridgehead atoms. The number of rotatable bonds is 5. The number of hydrogen-bond donors (Lipinski definition) is 1. The second kappa shape index (κ2) is 7.48. The van der Waals surface area contributed by atoms with E-state index in [4.69, 9.17) is 0 Å². The van der Waals surface area contributed by atoms with Crippen LogP contribution in [0, 0.1) is 0 Å². The van der Waals surface area contributed by atoms with Gasteiger partial charge in [0.05, 0.1) is 0 Å². The Balaban J connectivity index is 2.17. The summed E-state index contributed by atoms with van der Waals surface area (Å²) in [5, 5.41) is 3.52. The maximum atomic E-state index is 3.52. The van der Waals surface area contributed by atoms with Gasteiger partial charge < -0.3 is 5.32 Å². The SMILES string of the molecule is CC(C)(C)NCC=C(Sc1ccccc1)c1ccccc1. The van der Waals surface area contributed by atoms with Crippen molar-refractivity contribution >= 4 is 16.7 Å². The highest BCUT2D eigenvalue weighted by atomic mass is 32.2. The summed E-state index contributed by atoms with van der Waals surface area (Å²) in [6.07, 6.45) is 2.28. The minimum Gasteiger partial charge on any atom is -0.309 e. The van der Waals surface area contributed by atoms with Crippen LogP contribution in [0.5, 0.6) is 0 Å². The van der Waals surface area contributed by atoms with Crippen LogP contribution in [0.15, 0.2) is 71.6 Å². The van der Waals surface area contributed by atoms with E-state index in [0.717, 1.165) is 6.54 Å². The van der Waals surface area contributed by atoms with Gasteiger partial charge >= 0.3 is 0 Å². The standard InChI is InChI=1S/C19H23NS/c1-19(2,3)20-15-14-18(16-10-6-4-7-11-16)21-17-12-8-5-9-13-17/h4-14,20H,15H2,1-3H3. The monoisotopic (exact) mass is 297 g/mol. The van der Waals surface area contributed by atoms with Crippen LogP contribution in [0.3, 0.4) is 0 Å². The summed E-state index contributed by atoms with van der Waals surface area (Å²) in [4.78, 5) is 2.56. The molecule has 0 heterocycles. The van der Waals surface area contributed by atoms with Gasteiger partial charge in [-0.1, -0.05) is 66.4 Å². The molecule has 2 aromatic carbocycles. The Hall–Kier alpha value is -1.51. The molecule has 1 nitrogen and oxygen atoms in total. The van der Waals surface area contributed by atoms with Crippen molar-refractivity contribution in [3.63, 3.8) is 0 Å². The summed E-state index contributed by atoms with van der Waals surface area (Å²) in [6, 6.07) is 21.1. The van der Waals surface area contributed by atoms with Gasteiger partial charge in [-0.15, -0.1) is 0 Å². The van der Waals surface area contributed by atoms with Gasteiger partial charge in [-0.2, -0.15) is 0 Å². The van der Waals surface area contributed by atoms with E-state index in [9.17, 15) is 0 Å². The number of nitrogens with one attached hydrogen (secondary N) is 1. The lowest BCUT2D eigenvalue weighted by Gasteiger charge is -2.19. The van der Waals surface area contributed by atoms with Crippen LogP contribution in [-0.4, -0.2) is 12.1 Å². The Morgan fingerprint density at radius 2 is 1.52 bits per heavy atom. The Morgan fingerprint density at radius 3 is 2.10 bits per heavy atom. The lowest BCUT2D eigenvalue weighted by Crippen LogP contribution is -2.35. The van der Waals surface area contributed by atoms with E-state index >= 15 is 0 Å². The molecule has 0 amide bonds. The van der Waals surface area contributed by atoms with Crippen LogP contribution < -0.4 is 5.32 Å². The molecule has 0 atom stereocenters. The summed E-state index contributed by atoms with van der Waals surface area (Å²) >= 11 is 1.81. The number of benzene rings is 2. The molecule has 2 aromatic rings. The number of hydrogen-bond acceptors (Lipinski definition) is 2. The van der Waals surface area contributed by atoms with E-state index in [-0.39, 0.29) is 5.54 Å². The average molecular weight is 297 g/mol. The molecule has 1 N–H and O–H groups in total. The highest BCUT2D eigenvalue weighted by molar-refractivity contribution is 8.08. The lowest BCUT2D eigenvalue weighted by molar-refractivity contribution is 0.450. The van der Waals surface area contributed by atoms with Gasteiger partial charge in [0.25, 0.3) is 0 Å². The summed E-state index contributed by atoms with van der Waals surface area (Å²) in [7, 11) is 0. The van der Waals surface area contributed by atoms with Gasteiger partial charge in [0.1, 0.15) is 0 Å². The van der Waals surface area contributed by atoms with Crippen molar-refractivity contribution in [2.24, 2.45) is 0 Å². The van der Waals surface area contributed by atoms with Crippen molar-refractivity contribution < 1.29 is 0 Å². The van der Waals surface area contributed by atoms with E-state index in [1.807, 2.05) is 11.8 Å². The van der Waals surface area contributed by atoms with Crippen LogP contribution in [0.1, 0.15) is 26.3 Å². The van der Waals surface area contributed by atoms with Gasteiger partial charge in [-0.05, 0) is 38.5 Å². The first-order chi connectivity index (χ1) is 10.0. The Kier molecular flexibility index (Phi) is 5.66. The quantitative estimate of drug-likeness (QED) is 0.760. The van der Waals surface area contributed by atoms with Crippen LogP contribution in [0.4, 0.5) is 0 Å². The minimum absolute atomic E-state index is 0.135. The molecule has 0 fully saturated rings. The summed E-state index contributed by atoms with van der Waals surface area (Å²) in [6.45, 7) is 7.43. The van der Waals surface area contributed by atoms with E-state index < -0.39 is 0 Å². The van der Waals surface area contributed by atoms with Gasteiger partial charge in [0, 0.05) is 21.9 Å². The summed E-state index contributed by atoms with van der Waals surface area (Å²) in [5.74, 6) is 0. The molecule has 2 heteroatoms. The van der Waals surface area contributed by atoms with Crippen LogP contribution >= 0.6 is 11.8 Å². The topological polar surface area (TPSA) is 12.0 Å². The van der Waals surface area contributed by atoms with Crippen molar-refractivity contribution in [2.75, 3.05) is 6.54 Å². The molecule has 0 aliphatic carbocycles. The molecule has 0 saturated heterocycles. The van der Waals surface area contributed by atoms with Crippen LogP contribution in [0.2, 0.25) is 0 Å². The predicted molar refractivity (Wildman–Crippen MR) is 94.5 cm³/mol. The Bertz CT molecular complexity index is 568. The second-order valence-electron chi connectivity index (χ2n) is 5.98. The third-order valence-corrected chi connectivity index (χ3v) is 4.08. The van der Waals surface area contributed by atoms with Crippen molar-refractivity contribution in [1.29, 1.82) is 0 Å². The largest absolute Gasteiger partial charge is 0.309 e. The Labute approximate surface area is 132 Å². The van der Waals surface area contributed by atoms with Gasteiger partial charge in [-0.25, -0.2) is 0 Å². The molecule has 21 heavy (non-hydrogen) atoms. The van der Waals surface area contributed by atoms with Crippen LogP contribution in [0.25, 0.3) is 4.91 Å². The molecule has 0 saturated carbocycles. The normalized spacial score (nSPS) is 12.4. The molecule has 0 unspecified atom stereocenters. The van der Waals surface area contributed by atoms with Crippen molar-refractivity contribution in [2.45, 2.75) is 31.2 Å². The maximum absolute atomic E-state index is 3.52. The molecular weight excluding hydrogens is 274 g/mol. The fourth-order valence-electron chi connectivity index (χ4n) is 1.89. The molecule has 0 aliphatic heterocycles. The summed E-state index contributed by atoms with van der Waals surface area (Å²) in [5.41, 5.74) is 1.40. The molecule has 0 radical (unpaired) electrons. The summed E-state index contributed by atoms with van der Waals surface area (Å²) < 4.78 is 0. The highest BCUT2D eigenvalue weighted by Gasteiger charge is 2.08. The van der Waals surface area contributed by atoms with Gasteiger partial charge in [-0.3, -0.25) is 0 Å². The predicted octanol–water partition coefficient (Wildman–Crippen LogP) is 5.21. The smallest absolute Gasteiger partial charge is 0.0167 e. The van der Waals surface area contributed by atoms with Crippen molar-refractivity contribution in [3.05, 3.63) is 72.3 Å². The number of thioether (sulfide) groups is 1. The first-order valence-electron chi connectivity index (χ1n) is 7.28. The molecule has 0 aromatic heterocycles. The minimum atomic E-state index is 0.135. The first kappa shape index (κ1) is 15.9. The molecule has 0 aliphatic rings. The molecule has 2 rings (SSSR count). The van der Waals surface area contributed by atoms with E-state index in [1.54, 1.807) is 0 Å². The van der Waals surface area contributed by atoms with Crippen LogP contribution in [-0.2, 0) is 0 Å². The molecular formula is C19H23NS. The fourth-order valence-corrected chi connectivity index (χ4v) is 2.85. The van der Waals surface area contributed by atoms with E-state index in [1.165, 1.54) is 15.4 Å². The molecule has 110 valence electrons. The van der Waals surface area contributed by atoms with Crippen molar-refractivity contribution in [1.82, 2.24) is 5.32 Å². The van der Waals surface area contributed by atoms with Crippen molar-refractivity contribution in [3.8, 4) is 0 Å². The Morgan fingerprint density at radius 1 is 0.952 bits per heavy atom. The second-order valence-corrected chi connectivity index (χ2v) is 7.10. The highest BCUT2D eigenvalue weighted by Crippen LogP contribution is 2.33.